The number of carbonyl (C=O) groups is 1. The highest BCUT2D eigenvalue weighted by Gasteiger charge is 2.52. The summed E-state index contributed by atoms with van der Waals surface area (Å²) in [7, 11) is 1.31. The molecule has 3 aliphatic rings. The largest absolute Gasteiger partial charge is 0.471 e. The second-order valence-corrected chi connectivity index (χ2v) is 12.6. The van der Waals surface area contributed by atoms with E-state index in [4.69, 9.17) is 28.4 Å². The maximum Gasteiger partial charge on any atom is 0.337 e. The zero-order valence-corrected chi connectivity index (χ0v) is 27.0. The minimum absolute atomic E-state index is 0.339. The highest BCUT2D eigenvalue weighted by molar-refractivity contribution is 5.88. The van der Waals surface area contributed by atoms with Crippen molar-refractivity contribution in [3.8, 4) is 0 Å². The molecule has 3 heterocycles. The molecule has 3 rings (SSSR count). The van der Waals surface area contributed by atoms with Gasteiger partial charge >= 0.3 is 5.97 Å². The van der Waals surface area contributed by atoms with Gasteiger partial charge in [0.25, 0.3) is 0 Å². The Kier molecular flexibility index (Phi) is 16.9. The second-order valence-electron chi connectivity index (χ2n) is 12.6. The lowest BCUT2D eigenvalue weighted by Crippen LogP contribution is -2.61. The van der Waals surface area contributed by atoms with Crippen molar-refractivity contribution >= 4 is 5.97 Å². The molecule has 0 amide bonds. The number of methoxy groups -OCH3 is 1. The summed E-state index contributed by atoms with van der Waals surface area (Å²) in [5.74, 6) is -1.38. The van der Waals surface area contributed by atoms with Crippen molar-refractivity contribution in [3.63, 3.8) is 0 Å². The van der Waals surface area contributed by atoms with Crippen LogP contribution in [0.25, 0.3) is 0 Å². The van der Waals surface area contributed by atoms with Gasteiger partial charge in [0, 0.05) is 18.9 Å². The van der Waals surface area contributed by atoms with Crippen molar-refractivity contribution < 1.29 is 53.6 Å². The molecule has 0 saturated carbocycles. The van der Waals surface area contributed by atoms with Crippen molar-refractivity contribution in [2.24, 2.45) is 11.8 Å². The molecule has 11 nitrogen and oxygen atoms in total. The van der Waals surface area contributed by atoms with Crippen LogP contribution in [0.1, 0.15) is 110 Å². The van der Waals surface area contributed by atoms with E-state index >= 15 is 0 Å². The molecule has 3 aliphatic heterocycles. The van der Waals surface area contributed by atoms with E-state index in [0.717, 1.165) is 12.8 Å². The molecule has 0 aromatic carbocycles. The molecule has 3 unspecified atom stereocenters. The zero-order chi connectivity index (χ0) is 31.9. The third kappa shape index (κ3) is 10.9. The first-order valence-electron chi connectivity index (χ1n) is 17.0. The summed E-state index contributed by atoms with van der Waals surface area (Å²) in [5, 5.41) is 40.2. The number of unbranched alkanes of at least 4 members (excludes halogenated alkanes) is 13. The van der Waals surface area contributed by atoms with Crippen LogP contribution in [-0.2, 0) is 33.2 Å². The first-order valence-corrected chi connectivity index (χ1v) is 17.0. The van der Waals surface area contributed by atoms with Gasteiger partial charge in [-0.25, -0.2) is 4.79 Å². The number of aliphatic hydroxyl groups excluding tert-OH is 4. The van der Waals surface area contributed by atoms with Gasteiger partial charge in [0.1, 0.15) is 24.4 Å². The van der Waals surface area contributed by atoms with Crippen LogP contribution in [0.3, 0.4) is 0 Å². The van der Waals surface area contributed by atoms with Crippen LogP contribution in [0, 0.1) is 11.8 Å². The Morgan fingerprint density at radius 1 is 0.841 bits per heavy atom. The summed E-state index contributed by atoms with van der Waals surface area (Å²) in [6.07, 6.45) is 10.5. The van der Waals surface area contributed by atoms with Crippen molar-refractivity contribution in [2.45, 2.75) is 160 Å². The fourth-order valence-corrected chi connectivity index (χ4v) is 6.51. The van der Waals surface area contributed by atoms with Crippen LogP contribution in [0.5, 0.6) is 0 Å². The van der Waals surface area contributed by atoms with Crippen LogP contribution in [0.2, 0.25) is 0 Å². The molecular formula is C33H58O11. The fraction of sp³-hybridized carbons (Fsp3) is 0.909. The Morgan fingerprint density at radius 2 is 1.43 bits per heavy atom. The predicted molar refractivity (Wildman–Crippen MR) is 162 cm³/mol. The number of hydrogen-bond donors (Lipinski definition) is 4. The SMILES string of the molecule is CCCCCCCCCCCCCCCCOC1CC2C(C(=O)OC)=CO[C@@H](O[C@@H]3O[C@H](CO)[C@@H](O)[C@H](O)[C@H]3O)C2[C@H](C)O1. The normalized spacial score (nSPS) is 33.8. The smallest absolute Gasteiger partial charge is 0.337 e. The molecule has 0 aromatic heterocycles. The highest BCUT2D eigenvalue weighted by Crippen LogP contribution is 2.43. The van der Waals surface area contributed by atoms with E-state index in [-0.39, 0.29) is 5.92 Å². The Morgan fingerprint density at radius 3 is 2.00 bits per heavy atom. The van der Waals surface area contributed by atoms with E-state index in [2.05, 4.69) is 6.92 Å². The average molecular weight is 631 g/mol. The molecule has 0 radical (unpaired) electrons. The van der Waals surface area contributed by atoms with Gasteiger partial charge in [-0.05, 0) is 13.3 Å². The Hall–Kier alpha value is -1.31. The monoisotopic (exact) mass is 630 g/mol. The van der Waals surface area contributed by atoms with Crippen molar-refractivity contribution in [3.05, 3.63) is 11.8 Å². The summed E-state index contributed by atoms with van der Waals surface area (Å²) >= 11 is 0. The Bertz CT molecular complexity index is 837. The molecule has 0 bridgehead atoms. The maximum atomic E-state index is 12.6. The lowest BCUT2D eigenvalue weighted by Gasteiger charge is -2.47. The fourth-order valence-electron chi connectivity index (χ4n) is 6.51. The minimum atomic E-state index is -1.58. The van der Waals surface area contributed by atoms with Crippen molar-refractivity contribution in [1.29, 1.82) is 0 Å². The van der Waals surface area contributed by atoms with Crippen LogP contribution >= 0.6 is 0 Å². The molecule has 11 heteroatoms. The van der Waals surface area contributed by atoms with E-state index in [1.54, 1.807) is 0 Å². The quantitative estimate of drug-likeness (QED) is 0.114. The number of carbonyl (C=O) groups excluding carboxylic acids is 1. The third-order valence-electron chi connectivity index (χ3n) is 9.20. The van der Waals surface area contributed by atoms with Gasteiger partial charge in [0.05, 0.1) is 37.6 Å². The summed E-state index contributed by atoms with van der Waals surface area (Å²) in [6, 6.07) is 0. The topological polar surface area (TPSA) is 153 Å². The Labute approximate surface area is 263 Å². The van der Waals surface area contributed by atoms with Crippen LogP contribution in [0.15, 0.2) is 11.8 Å². The number of rotatable bonds is 20. The van der Waals surface area contributed by atoms with Gasteiger partial charge in [-0.2, -0.15) is 0 Å². The number of aliphatic hydroxyl groups is 4. The van der Waals surface area contributed by atoms with E-state index in [0.29, 0.717) is 18.6 Å². The molecule has 44 heavy (non-hydrogen) atoms. The van der Waals surface area contributed by atoms with Gasteiger partial charge in [-0.3, -0.25) is 0 Å². The van der Waals surface area contributed by atoms with Gasteiger partial charge in [0.2, 0.25) is 6.29 Å². The highest BCUT2D eigenvalue weighted by atomic mass is 16.8. The van der Waals surface area contributed by atoms with Crippen molar-refractivity contribution in [2.75, 3.05) is 20.3 Å². The maximum absolute atomic E-state index is 12.6. The van der Waals surface area contributed by atoms with E-state index in [1.807, 2.05) is 6.92 Å². The average Bonchev–Trinajstić information content (AvgIpc) is 3.02. The molecule has 256 valence electrons. The first kappa shape index (κ1) is 37.2. The number of esters is 1. The molecule has 2 fully saturated rings. The number of ether oxygens (including phenoxy) is 6. The zero-order valence-electron chi connectivity index (χ0n) is 27.0. The summed E-state index contributed by atoms with van der Waals surface area (Å²) < 4.78 is 34.5. The Balaban J connectivity index is 1.40. The predicted octanol–water partition coefficient (Wildman–Crippen LogP) is 4.08. The van der Waals surface area contributed by atoms with Crippen LogP contribution in [0.4, 0.5) is 0 Å². The van der Waals surface area contributed by atoms with Gasteiger partial charge in [-0.15, -0.1) is 0 Å². The number of fused-ring (bicyclic) bond motifs is 1. The third-order valence-corrected chi connectivity index (χ3v) is 9.20. The van der Waals surface area contributed by atoms with Crippen LogP contribution in [-0.4, -0.2) is 96.1 Å². The van der Waals surface area contributed by atoms with Gasteiger partial charge in [0.15, 0.2) is 12.6 Å². The molecule has 0 spiro atoms. The molecule has 0 aliphatic carbocycles. The summed E-state index contributed by atoms with van der Waals surface area (Å²) in [4.78, 5) is 12.6. The van der Waals surface area contributed by atoms with Crippen molar-refractivity contribution in [1.82, 2.24) is 0 Å². The standard InChI is InChI=1S/C33H58O11/c1-4-5-6-7-8-9-10-11-12-13-14-15-16-17-18-40-26-19-23-24(31(38)39-3)21-41-32(27(23)22(2)42-26)44-33-30(37)29(36)28(35)25(20-34)43-33/h21-23,25-30,32-37H,4-20H2,1-3H3/t22-,23?,25+,26?,27?,28+,29-,30+,32-,33-/m0/s1. The molecule has 0 aromatic rings. The lowest BCUT2D eigenvalue weighted by molar-refractivity contribution is -0.353. The molecule has 10 atom stereocenters. The molecule has 4 N–H and O–H groups in total. The second kappa shape index (κ2) is 20.0. The molecular weight excluding hydrogens is 572 g/mol. The van der Waals surface area contributed by atoms with E-state index < -0.39 is 67.9 Å². The van der Waals surface area contributed by atoms with Gasteiger partial charge in [-0.1, -0.05) is 90.4 Å². The molecule has 2 saturated heterocycles. The summed E-state index contributed by atoms with van der Waals surface area (Å²) in [6.45, 7) is 4.08. The van der Waals surface area contributed by atoms with E-state index in [9.17, 15) is 25.2 Å². The number of hydrogen-bond acceptors (Lipinski definition) is 11. The minimum Gasteiger partial charge on any atom is -0.471 e. The first-order chi connectivity index (χ1) is 21.3. The summed E-state index contributed by atoms with van der Waals surface area (Å²) in [5.41, 5.74) is 0.339. The van der Waals surface area contributed by atoms with E-state index in [1.165, 1.54) is 90.4 Å². The van der Waals surface area contributed by atoms with Gasteiger partial charge < -0.3 is 48.8 Å². The lowest BCUT2D eigenvalue weighted by atomic mass is 9.77. The van der Waals surface area contributed by atoms with Crippen LogP contribution < -0.4 is 0 Å².